The van der Waals surface area contributed by atoms with Crippen LogP contribution >= 0.6 is 7.82 Å². The molecule has 0 bridgehead atoms. The van der Waals surface area contributed by atoms with E-state index < -0.39 is 92.6 Å². The summed E-state index contributed by atoms with van der Waals surface area (Å²) in [4.78, 5) is 64.1. The Morgan fingerprint density at radius 2 is 1.81 bits per heavy atom. The molecule has 2 fully saturated rings. The number of ether oxygens (including phenoxy) is 4. The average Bonchev–Trinajstić information content (AvgIpc) is 3.74. The minimum Gasteiger partial charge on any atom is -0.444 e. The van der Waals surface area contributed by atoms with Crippen LogP contribution in [0.1, 0.15) is 64.0 Å². The Balaban J connectivity index is 1.08. The third kappa shape index (κ3) is 9.81. The van der Waals surface area contributed by atoms with E-state index in [0.29, 0.717) is 11.3 Å². The summed E-state index contributed by atoms with van der Waals surface area (Å²) in [6.45, 7) is 8.58. The van der Waals surface area contributed by atoms with E-state index in [0.717, 1.165) is 0 Å². The lowest BCUT2D eigenvalue weighted by Crippen LogP contribution is -2.49. The lowest BCUT2D eigenvalue weighted by Gasteiger charge is -2.27. The number of benzene rings is 1. The summed E-state index contributed by atoms with van der Waals surface area (Å²) >= 11 is 0. The molecule has 5 amide bonds. The molecule has 4 heterocycles. The summed E-state index contributed by atoms with van der Waals surface area (Å²) in [5, 5.41) is 13.8. The monoisotopic (exact) mass is 752 g/mol. The molecule has 6 atom stereocenters. The number of anilines is 1. The van der Waals surface area contributed by atoms with E-state index in [4.69, 9.17) is 38.3 Å². The van der Waals surface area contributed by atoms with Gasteiger partial charge in [-0.2, -0.15) is 0 Å². The molecule has 5 rings (SSSR count). The molecular weight excluding hydrogens is 711 g/mol. The van der Waals surface area contributed by atoms with Crippen LogP contribution in [0.15, 0.2) is 24.5 Å². The van der Waals surface area contributed by atoms with Gasteiger partial charge >= 0.3 is 13.9 Å². The van der Waals surface area contributed by atoms with E-state index in [-0.39, 0.29) is 24.8 Å². The van der Waals surface area contributed by atoms with Gasteiger partial charge in [-0.15, -0.1) is 5.10 Å². The number of nitrogens with zero attached hydrogens (tertiary/aromatic N) is 3. The van der Waals surface area contributed by atoms with E-state index in [1.165, 1.54) is 30.1 Å². The van der Waals surface area contributed by atoms with Crippen molar-refractivity contribution in [2.75, 3.05) is 25.0 Å². The third-order valence-electron chi connectivity index (χ3n) is 7.43. The summed E-state index contributed by atoms with van der Waals surface area (Å²) in [7, 11) is -4.13. The number of hydrogen-bond acceptors (Lipinski definition) is 15. The molecule has 52 heavy (non-hydrogen) atoms. The predicted octanol–water partition coefficient (Wildman–Crippen LogP) is 0.613. The standard InChI is InChI=1S/C30H41N8O13P/c1-15(35-20(39)11-33-28(43)50-29(2,3)4)26(42)32-10-21(40)36-17-7-8-18-16(9-17)12-45-52(44,51-18)46-13-19-22-23(49-30(5,6)48-22)27(47-19)38-14-34-25(37-38)24(31)41/h7-9,14-15,19,22-23,27H,10-13H2,1-6H3,(H2,31,41)(H,32,42)(H,33,43)(H,35,39)(H,36,40)/t15-,19+,22+,23+,27+,52?/m0/s1. The number of primary amides is 1. The Morgan fingerprint density at radius 3 is 2.50 bits per heavy atom. The quantitative estimate of drug-likeness (QED) is 0.186. The predicted molar refractivity (Wildman–Crippen MR) is 175 cm³/mol. The Labute approximate surface area is 297 Å². The summed E-state index contributed by atoms with van der Waals surface area (Å²) in [6.07, 6.45) is -2.52. The van der Waals surface area contributed by atoms with Gasteiger partial charge in [-0.1, -0.05) is 0 Å². The second-order valence-corrected chi connectivity index (χ2v) is 15.0. The smallest absolute Gasteiger partial charge is 0.444 e. The Bertz CT molecular complexity index is 1760. The highest BCUT2D eigenvalue weighted by Gasteiger charge is 2.57. The third-order valence-corrected chi connectivity index (χ3v) is 8.76. The molecule has 22 heteroatoms. The number of rotatable bonds is 12. The molecule has 2 saturated heterocycles. The van der Waals surface area contributed by atoms with Gasteiger partial charge in [0.2, 0.25) is 23.5 Å². The van der Waals surface area contributed by atoms with Gasteiger partial charge in [0.1, 0.15) is 48.6 Å². The van der Waals surface area contributed by atoms with Crippen molar-refractivity contribution in [2.45, 2.75) is 90.1 Å². The molecule has 2 aromatic rings. The van der Waals surface area contributed by atoms with Crippen molar-refractivity contribution in [3.63, 3.8) is 0 Å². The van der Waals surface area contributed by atoms with Crippen LogP contribution in [-0.2, 0) is 53.6 Å². The van der Waals surface area contributed by atoms with E-state index in [1.807, 2.05) is 0 Å². The molecule has 0 aliphatic carbocycles. The second kappa shape index (κ2) is 15.1. The molecule has 0 spiro atoms. The summed E-state index contributed by atoms with van der Waals surface area (Å²) < 4.78 is 54.5. The van der Waals surface area contributed by atoms with Crippen molar-refractivity contribution in [3.8, 4) is 5.75 Å². The maximum absolute atomic E-state index is 13.4. The SMILES string of the molecule is C[C@H](NC(=O)CNC(=O)OC(C)(C)C)C(=O)NCC(=O)Nc1ccc2c(c1)COP(=O)(OC[C@H]1O[C@@H](n3cnc(C(N)=O)n3)[C@@H]3OC(C)(C)O[C@@H]31)O2. The number of amides is 5. The largest absolute Gasteiger partial charge is 0.530 e. The van der Waals surface area contributed by atoms with Crippen LogP contribution in [0.3, 0.4) is 0 Å². The number of fused-ring (bicyclic) bond motifs is 2. The first-order valence-corrected chi connectivity index (χ1v) is 17.5. The molecule has 1 aromatic carbocycles. The lowest BCUT2D eigenvalue weighted by atomic mass is 10.1. The number of phosphoric acid groups is 1. The molecule has 1 unspecified atom stereocenters. The molecule has 0 radical (unpaired) electrons. The number of carbonyl (C=O) groups excluding carboxylic acids is 5. The molecule has 6 N–H and O–H groups in total. The maximum atomic E-state index is 13.4. The van der Waals surface area contributed by atoms with Crippen molar-refractivity contribution >= 4 is 43.2 Å². The van der Waals surface area contributed by atoms with Crippen molar-refractivity contribution < 1.29 is 61.1 Å². The zero-order valence-electron chi connectivity index (χ0n) is 29.2. The van der Waals surface area contributed by atoms with Crippen LogP contribution in [-0.4, -0.2) is 99.9 Å². The fraction of sp³-hybridized carbons (Fsp3) is 0.567. The molecule has 3 aliphatic rings. The summed E-state index contributed by atoms with van der Waals surface area (Å²) in [6, 6.07) is 3.50. The number of alkyl carbamates (subject to hydrolysis) is 1. The number of aromatic nitrogens is 3. The van der Waals surface area contributed by atoms with Crippen LogP contribution < -0.4 is 31.5 Å². The first-order chi connectivity index (χ1) is 24.3. The van der Waals surface area contributed by atoms with Gasteiger partial charge in [0.05, 0.1) is 19.8 Å². The van der Waals surface area contributed by atoms with Crippen LogP contribution in [0, 0.1) is 0 Å². The minimum atomic E-state index is -4.13. The first-order valence-electron chi connectivity index (χ1n) is 16.1. The fourth-order valence-electron chi connectivity index (χ4n) is 5.25. The maximum Gasteiger partial charge on any atom is 0.530 e. The lowest BCUT2D eigenvalue weighted by molar-refractivity contribution is -0.201. The van der Waals surface area contributed by atoms with Gasteiger partial charge in [0.25, 0.3) is 5.91 Å². The van der Waals surface area contributed by atoms with E-state index in [1.54, 1.807) is 40.7 Å². The number of nitrogens with one attached hydrogen (secondary N) is 4. The number of nitrogens with two attached hydrogens (primary N) is 1. The molecular formula is C30H41N8O13P. The number of carbonyl (C=O) groups is 5. The van der Waals surface area contributed by atoms with Gasteiger partial charge in [-0.3, -0.25) is 28.2 Å². The molecule has 0 saturated carbocycles. The van der Waals surface area contributed by atoms with Crippen molar-refractivity contribution in [3.05, 3.63) is 35.9 Å². The molecule has 284 valence electrons. The van der Waals surface area contributed by atoms with Gasteiger partial charge in [0, 0.05) is 11.3 Å². The van der Waals surface area contributed by atoms with Gasteiger partial charge < -0.3 is 50.5 Å². The van der Waals surface area contributed by atoms with E-state index in [2.05, 4.69) is 31.3 Å². The van der Waals surface area contributed by atoms with Gasteiger partial charge in [-0.25, -0.2) is 19.0 Å². The zero-order valence-corrected chi connectivity index (χ0v) is 30.1. The van der Waals surface area contributed by atoms with Crippen molar-refractivity contribution in [1.29, 1.82) is 0 Å². The summed E-state index contributed by atoms with van der Waals surface area (Å²) in [5.41, 5.74) is 5.32. The fourth-order valence-corrected chi connectivity index (χ4v) is 6.48. The van der Waals surface area contributed by atoms with Crippen molar-refractivity contribution in [1.82, 2.24) is 30.7 Å². The highest BCUT2D eigenvalue weighted by molar-refractivity contribution is 7.49. The Morgan fingerprint density at radius 1 is 1.10 bits per heavy atom. The Hall–Kier alpha value is -4.66. The van der Waals surface area contributed by atoms with E-state index >= 15 is 0 Å². The topological polar surface area (TPSA) is 272 Å². The minimum absolute atomic E-state index is 0.186. The number of hydrogen-bond donors (Lipinski definition) is 5. The first kappa shape index (κ1) is 38.6. The highest BCUT2D eigenvalue weighted by atomic mass is 31.2. The molecule has 21 nitrogen and oxygen atoms in total. The normalized spacial score (nSPS) is 25.1. The molecule has 1 aromatic heterocycles. The van der Waals surface area contributed by atoms with E-state index in [9.17, 15) is 28.5 Å². The Kier molecular flexibility index (Phi) is 11.2. The van der Waals surface area contributed by atoms with Gasteiger partial charge in [-0.05, 0) is 59.7 Å². The number of phosphoric ester groups is 1. The highest BCUT2D eigenvalue weighted by Crippen LogP contribution is 2.55. The van der Waals surface area contributed by atoms with Gasteiger partial charge in [0.15, 0.2) is 12.0 Å². The van der Waals surface area contributed by atoms with Crippen LogP contribution in [0.2, 0.25) is 0 Å². The molecule has 3 aliphatic heterocycles. The van der Waals surface area contributed by atoms with Crippen molar-refractivity contribution in [2.24, 2.45) is 5.73 Å². The zero-order chi connectivity index (χ0) is 38.0. The average molecular weight is 753 g/mol. The van der Waals surface area contributed by atoms with Crippen LogP contribution in [0.4, 0.5) is 10.5 Å². The van der Waals surface area contributed by atoms with Crippen LogP contribution in [0.5, 0.6) is 5.75 Å². The summed E-state index contributed by atoms with van der Waals surface area (Å²) in [5.74, 6) is -3.66. The second-order valence-electron chi connectivity index (χ2n) is 13.4. The van der Waals surface area contributed by atoms with Crippen LogP contribution in [0.25, 0.3) is 0 Å².